The van der Waals surface area contributed by atoms with Crippen LogP contribution in [0.3, 0.4) is 0 Å². The lowest BCUT2D eigenvalue weighted by molar-refractivity contribution is 0.0826. The molecule has 0 saturated carbocycles. The molecule has 0 atom stereocenters. The Kier molecular flexibility index (Phi) is 6.14. The first-order chi connectivity index (χ1) is 17.6. The zero-order valence-electron chi connectivity index (χ0n) is 20.9. The van der Waals surface area contributed by atoms with E-state index in [1.807, 2.05) is 31.2 Å². The maximum atomic E-state index is 13.1. The molecule has 0 amide bonds. The fourth-order valence-corrected chi connectivity index (χ4v) is 4.47. The van der Waals surface area contributed by atoms with Gasteiger partial charge in [0.1, 0.15) is 5.75 Å². The summed E-state index contributed by atoms with van der Waals surface area (Å²) < 4.78 is 5.95. The number of aromatic nitrogens is 3. The van der Waals surface area contributed by atoms with E-state index in [-0.39, 0.29) is 29.6 Å². The van der Waals surface area contributed by atoms with E-state index in [0.29, 0.717) is 32.8 Å². The minimum absolute atomic E-state index is 0.0279. The largest absolute Gasteiger partial charge is 0.507 e. The molecule has 0 aliphatic heterocycles. The second kappa shape index (κ2) is 9.18. The molecule has 3 heterocycles. The van der Waals surface area contributed by atoms with Gasteiger partial charge in [-0.2, -0.15) is 5.10 Å². The third-order valence-corrected chi connectivity index (χ3v) is 6.63. The Morgan fingerprint density at radius 3 is 2.32 bits per heavy atom. The van der Waals surface area contributed by atoms with Crippen LogP contribution >= 0.6 is 11.6 Å². The third-order valence-electron chi connectivity index (χ3n) is 6.38. The number of aryl methyl sites for hydroxylation is 1. The number of hydrogen-bond donors (Lipinski definition) is 3. The molecule has 8 heteroatoms. The van der Waals surface area contributed by atoms with E-state index in [0.717, 1.165) is 22.4 Å². The second-order valence-electron chi connectivity index (χ2n) is 10.0. The standard InChI is InChI=1S/C29H26ClN3O4/c1-15-22(13-31-33-15)17-7-10-19(24(35)11-17)25-20(16-5-8-18(30)9-6-16)12-21-23(14-34)26(37-28(21)32-25)27(36)29(2,3)4/h5-13,34-35H,14H2,1-4H3,(H,31,33). The Balaban J connectivity index is 1.76. The smallest absolute Gasteiger partial charge is 0.227 e. The maximum Gasteiger partial charge on any atom is 0.227 e. The topological polar surface area (TPSA) is 112 Å². The first-order valence-electron chi connectivity index (χ1n) is 11.8. The Morgan fingerprint density at radius 1 is 1.03 bits per heavy atom. The van der Waals surface area contributed by atoms with E-state index < -0.39 is 5.41 Å². The lowest BCUT2D eigenvalue weighted by Crippen LogP contribution is -2.20. The maximum absolute atomic E-state index is 13.1. The van der Waals surface area contributed by atoms with Crippen molar-refractivity contribution in [3.63, 3.8) is 0 Å². The van der Waals surface area contributed by atoms with Gasteiger partial charge in [-0.1, -0.05) is 50.6 Å². The number of halogens is 1. The number of rotatable bonds is 5. The number of H-pyrrole nitrogens is 1. The minimum atomic E-state index is -0.709. The number of aromatic amines is 1. The quantitative estimate of drug-likeness (QED) is 0.218. The van der Waals surface area contributed by atoms with Crippen molar-refractivity contribution in [3.05, 3.63) is 76.8 Å². The Labute approximate surface area is 218 Å². The zero-order chi connectivity index (χ0) is 26.5. The lowest BCUT2D eigenvalue weighted by atomic mass is 9.88. The molecule has 188 valence electrons. The number of nitrogens with one attached hydrogen (secondary N) is 1. The first-order valence-corrected chi connectivity index (χ1v) is 12.2. The number of benzene rings is 2. The number of ketones is 1. The van der Waals surface area contributed by atoms with E-state index in [1.165, 1.54) is 0 Å². The van der Waals surface area contributed by atoms with Crippen molar-refractivity contribution in [2.75, 3.05) is 0 Å². The van der Waals surface area contributed by atoms with Crippen molar-refractivity contribution < 1.29 is 19.4 Å². The third kappa shape index (κ3) is 4.41. The van der Waals surface area contributed by atoms with Crippen LogP contribution in [-0.4, -0.2) is 31.2 Å². The summed E-state index contributed by atoms with van der Waals surface area (Å²) in [5.41, 5.74) is 4.91. The van der Waals surface area contributed by atoms with Gasteiger partial charge in [0.25, 0.3) is 0 Å². The molecule has 0 aliphatic rings. The second-order valence-corrected chi connectivity index (χ2v) is 10.5. The number of phenolic OH excluding ortho intramolecular Hbond substituents is 1. The average Bonchev–Trinajstić information content (AvgIpc) is 3.45. The van der Waals surface area contributed by atoms with E-state index >= 15 is 0 Å². The normalized spacial score (nSPS) is 11.8. The minimum Gasteiger partial charge on any atom is -0.507 e. The summed E-state index contributed by atoms with van der Waals surface area (Å²) in [6.45, 7) is 6.91. The summed E-state index contributed by atoms with van der Waals surface area (Å²) in [6, 6.07) is 14.4. The van der Waals surface area contributed by atoms with Crippen molar-refractivity contribution in [2.24, 2.45) is 5.41 Å². The summed E-state index contributed by atoms with van der Waals surface area (Å²) >= 11 is 6.13. The molecule has 0 radical (unpaired) electrons. The molecule has 2 aromatic carbocycles. The number of phenols is 1. The summed E-state index contributed by atoms with van der Waals surface area (Å²) in [5, 5.41) is 29.4. The Morgan fingerprint density at radius 2 is 1.73 bits per heavy atom. The molecule has 0 saturated heterocycles. The number of fused-ring (bicyclic) bond motifs is 1. The van der Waals surface area contributed by atoms with Gasteiger partial charge < -0.3 is 14.6 Å². The van der Waals surface area contributed by atoms with E-state index in [1.54, 1.807) is 51.2 Å². The van der Waals surface area contributed by atoms with Crippen LogP contribution in [0.1, 0.15) is 42.6 Å². The van der Waals surface area contributed by atoms with Crippen LogP contribution in [0.25, 0.3) is 44.6 Å². The van der Waals surface area contributed by atoms with Crippen LogP contribution in [0.15, 0.2) is 59.1 Å². The van der Waals surface area contributed by atoms with Gasteiger partial charge in [0.05, 0.1) is 18.5 Å². The van der Waals surface area contributed by atoms with E-state index in [9.17, 15) is 15.0 Å². The van der Waals surface area contributed by atoms with Gasteiger partial charge in [0.2, 0.25) is 11.5 Å². The van der Waals surface area contributed by atoms with Crippen LogP contribution in [0.4, 0.5) is 0 Å². The van der Waals surface area contributed by atoms with Gasteiger partial charge in [-0.3, -0.25) is 9.89 Å². The fraction of sp³-hybridized carbons (Fsp3) is 0.207. The monoisotopic (exact) mass is 515 g/mol. The Bertz CT molecular complexity index is 1640. The van der Waals surface area contributed by atoms with Crippen molar-refractivity contribution in [1.29, 1.82) is 0 Å². The van der Waals surface area contributed by atoms with Gasteiger partial charge in [-0.15, -0.1) is 0 Å². The highest BCUT2D eigenvalue weighted by Gasteiger charge is 2.31. The molecule has 0 fully saturated rings. The summed E-state index contributed by atoms with van der Waals surface area (Å²) in [6.07, 6.45) is 1.71. The fourth-order valence-electron chi connectivity index (χ4n) is 4.35. The molecule has 7 nitrogen and oxygen atoms in total. The number of pyridine rings is 1. The number of furan rings is 1. The van der Waals surface area contributed by atoms with E-state index in [2.05, 4.69) is 10.2 Å². The van der Waals surface area contributed by atoms with Crippen LogP contribution in [0, 0.1) is 12.3 Å². The predicted molar refractivity (Wildman–Crippen MR) is 144 cm³/mol. The number of nitrogens with zero attached hydrogens (tertiary/aromatic N) is 2. The summed E-state index contributed by atoms with van der Waals surface area (Å²) in [7, 11) is 0. The molecular weight excluding hydrogens is 490 g/mol. The van der Waals surface area contributed by atoms with Crippen molar-refractivity contribution in [3.8, 4) is 39.3 Å². The highest BCUT2D eigenvalue weighted by atomic mass is 35.5. The molecule has 0 spiro atoms. The molecule has 0 unspecified atom stereocenters. The van der Waals surface area contributed by atoms with E-state index in [4.69, 9.17) is 21.0 Å². The summed E-state index contributed by atoms with van der Waals surface area (Å²) in [4.78, 5) is 17.9. The van der Waals surface area contributed by atoms with Gasteiger partial charge in [-0.05, 0) is 48.4 Å². The van der Waals surface area contributed by atoms with Crippen LogP contribution in [-0.2, 0) is 6.61 Å². The number of carbonyl (C=O) groups excluding carboxylic acids is 1. The number of hydrogen-bond acceptors (Lipinski definition) is 6. The number of aromatic hydroxyl groups is 1. The zero-order valence-corrected chi connectivity index (χ0v) is 21.6. The molecule has 0 aliphatic carbocycles. The highest BCUT2D eigenvalue weighted by molar-refractivity contribution is 6.30. The van der Waals surface area contributed by atoms with Crippen LogP contribution in [0.2, 0.25) is 5.02 Å². The number of Topliss-reactive ketones (excluding diaryl/α,β-unsaturated/α-hetero) is 1. The summed E-state index contributed by atoms with van der Waals surface area (Å²) in [5.74, 6) is -0.112. The van der Waals surface area contributed by atoms with Gasteiger partial charge >= 0.3 is 0 Å². The molecular formula is C29H26ClN3O4. The van der Waals surface area contributed by atoms with Gasteiger partial charge in [-0.25, -0.2) is 4.98 Å². The van der Waals surface area contributed by atoms with Crippen molar-refractivity contribution >= 4 is 28.5 Å². The lowest BCUT2D eigenvalue weighted by Gasteiger charge is -2.15. The molecule has 0 bridgehead atoms. The molecule has 3 aromatic heterocycles. The highest BCUT2D eigenvalue weighted by Crippen LogP contribution is 2.41. The number of carbonyl (C=O) groups is 1. The van der Waals surface area contributed by atoms with Gasteiger partial charge in [0.15, 0.2) is 5.76 Å². The SMILES string of the molecule is Cc1[nH]ncc1-c1ccc(-c2nc3oc(C(=O)C(C)(C)C)c(CO)c3cc2-c2ccc(Cl)cc2)c(O)c1. The molecule has 5 aromatic rings. The predicted octanol–water partition coefficient (Wildman–Crippen LogP) is 6.94. The number of aliphatic hydroxyl groups is 1. The average molecular weight is 516 g/mol. The van der Waals surface area contributed by atoms with Crippen LogP contribution < -0.4 is 0 Å². The molecule has 3 N–H and O–H groups in total. The number of aliphatic hydroxyl groups excluding tert-OH is 1. The first kappa shape index (κ1) is 24.7. The molecule has 37 heavy (non-hydrogen) atoms. The van der Waals surface area contributed by atoms with Crippen LogP contribution in [0.5, 0.6) is 5.75 Å². The Hall–Kier alpha value is -3.94. The van der Waals surface area contributed by atoms with Crippen molar-refractivity contribution in [2.45, 2.75) is 34.3 Å². The van der Waals surface area contributed by atoms with Crippen molar-refractivity contribution in [1.82, 2.24) is 15.2 Å². The molecule has 5 rings (SSSR count). The van der Waals surface area contributed by atoms with Gasteiger partial charge in [0, 0.05) is 43.8 Å².